The molecule has 1 aromatic rings. The van der Waals surface area contributed by atoms with Gasteiger partial charge in [-0.1, -0.05) is 18.2 Å². The number of ketones is 1. The normalized spacial score (nSPS) is 19.1. The van der Waals surface area contributed by atoms with E-state index in [1.165, 1.54) is 53.7 Å². The predicted molar refractivity (Wildman–Crippen MR) is 128 cm³/mol. The van der Waals surface area contributed by atoms with Gasteiger partial charge in [0.05, 0.1) is 5.92 Å². The van der Waals surface area contributed by atoms with E-state index in [4.69, 9.17) is 15.2 Å². The Bertz CT molecular complexity index is 1090. The van der Waals surface area contributed by atoms with Crippen molar-refractivity contribution in [3.63, 3.8) is 0 Å². The number of carbonyl (C=O) groups excluding carboxylic acids is 3. The summed E-state index contributed by atoms with van der Waals surface area (Å²) in [5.74, 6) is -4.40. The first-order chi connectivity index (χ1) is 17.4. The SMILES string of the molecule is CC(C)(C)OC(=O)NC1(NC(=O)OC(C)(C)C)C=CC(C(=O)c2ccccc2N)C(C(F)(F)F)(C(F)(F)F)C1. The van der Waals surface area contributed by atoms with Crippen molar-refractivity contribution in [2.24, 2.45) is 11.3 Å². The van der Waals surface area contributed by atoms with Crippen molar-refractivity contribution in [1.29, 1.82) is 0 Å². The van der Waals surface area contributed by atoms with Gasteiger partial charge in [0, 0.05) is 17.7 Å². The number of anilines is 1. The Balaban J connectivity index is 2.79. The van der Waals surface area contributed by atoms with Crippen LogP contribution in [0.25, 0.3) is 0 Å². The van der Waals surface area contributed by atoms with E-state index in [2.05, 4.69) is 0 Å². The Hall–Kier alpha value is -3.45. The van der Waals surface area contributed by atoms with Crippen LogP contribution in [0.3, 0.4) is 0 Å². The molecule has 0 radical (unpaired) electrons. The van der Waals surface area contributed by atoms with E-state index >= 15 is 0 Å². The molecule has 14 heteroatoms. The van der Waals surface area contributed by atoms with E-state index in [9.17, 15) is 40.7 Å². The third-order valence-electron chi connectivity index (χ3n) is 5.63. The smallest absolute Gasteiger partial charge is 0.409 e. The molecule has 218 valence electrons. The highest BCUT2D eigenvalue weighted by molar-refractivity contribution is 6.04. The number of nitrogens with two attached hydrogens (primary N) is 1. The molecule has 2 rings (SSSR count). The number of alkyl carbamates (subject to hydrolysis) is 2. The summed E-state index contributed by atoms with van der Waals surface area (Å²) in [7, 11) is 0. The molecule has 0 saturated carbocycles. The topological polar surface area (TPSA) is 120 Å². The Morgan fingerprint density at radius 3 is 1.67 bits per heavy atom. The minimum absolute atomic E-state index is 0.329. The Morgan fingerprint density at radius 2 is 1.28 bits per heavy atom. The monoisotopic (exact) mass is 567 g/mol. The quantitative estimate of drug-likeness (QED) is 0.137. The number of halogens is 6. The van der Waals surface area contributed by atoms with Gasteiger partial charge in [0.2, 0.25) is 0 Å². The zero-order valence-corrected chi connectivity index (χ0v) is 22.1. The minimum atomic E-state index is -6.10. The van der Waals surface area contributed by atoms with E-state index in [0.29, 0.717) is 12.2 Å². The number of hydrogen-bond donors (Lipinski definition) is 3. The van der Waals surface area contributed by atoms with Crippen molar-refractivity contribution in [3.8, 4) is 0 Å². The summed E-state index contributed by atoms with van der Waals surface area (Å²) < 4.78 is 98.0. The molecule has 1 aliphatic carbocycles. The van der Waals surface area contributed by atoms with Crippen LogP contribution in [0.5, 0.6) is 0 Å². The molecule has 1 aliphatic rings. The Labute approximate surface area is 221 Å². The molecule has 1 aromatic carbocycles. The molecule has 0 aromatic heterocycles. The molecular formula is C25H31F6N3O5. The van der Waals surface area contributed by atoms with Gasteiger partial charge in [0.25, 0.3) is 0 Å². The van der Waals surface area contributed by atoms with E-state index in [1.807, 2.05) is 10.6 Å². The van der Waals surface area contributed by atoms with Crippen LogP contribution >= 0.6 is 0 Å². The lowest BCUT2D eigenvalue weighted by atomic mass is 9.62. The van der Waals surface area contributed by atoms with Gasteiger partial charge >= 0.3 is 24.5 Å². The van der Waals surface area contributed by atoms with Crippen molar-refractivity contribution in [2.45, 2.75) is 77.2 Å². The molecule has 0 saturated heterocycles. The fourth-order valence-corrected chi connectivity index (χ4v) is 4.12. The predicted octanol–water partition coefficient (Wildman–Crippen LogP) is 5.88. The number of ether oxygens (including phenoxy) is 2. The van der Waals surface area contributed by atoms with E-state index in [0.717, 1.165) is 12.1 Å². The van der Waals surface area contributed by atoms with Crippen LogP contribution in [0, 0.1) is 11.3 Å². The number of carbonyl (C=O) groups is 3. The third-order valence-corrected chi connectivity index (χ3v) is 5.63. The Morgan fingerprint density at radius 1 is 0.846 bits per heavy atom. The lowest BCUT2D eigenvalue weighted by Crippen LogP contribution is -2.70. The van der Waals surface area contributed by atoms with E-state index in [-0.39, 0.29) is 5.69 Å². The van der Waals surface area contributed by atoms with E-state index in [1.54, 1.807) is 0 Å². The van der Waals surface area contributed by atoms with Crippen LogP contribution in [0.4, 0.5) is 41.6 Å². The molecular weight excluding hydrogens is 536 g/mol. The summed E-state index contributed by atoms with van der Waals surface area (Å²) in [6.07, 6.45) is -16.1. The highest BCUT2D eigenvalue weighted by Crippen LogP contribution is 2.61. The van der Waals surface area contributed by atoms with E-state index < -0.39 is 70.5 Å². The summed E-state index contributed by atoms with van der Waals surface area (Å²) in [5.41, 5.74) is -5.23. The first-order valence-electron chi connectivity index (χ1n) is 11.7. The first-order valence-corrected chi connectivity index (χ1v) is 11.7. The second-order valence-corrected chi connectivity index (χ2v) is 11.2. The summed E-state index contributed by atoms with van der Waals surface area (Å²) >= 11 is 0. The molecule has 0 heterocycles. The summed E-state index contributed by atoms with van der Waals surface area (Å²) in [6, 6.07) is 4.74. The van der Waals surface area contributed by atoms with Gasteiger partial charge in [-0.2, -0.15) is 26.3 Å². The number of allylic oxidation sites excluding steroid dienone is 1. The number of amides is 2. The van der Waals surface area contributed by atoms with Gasteiger partial charge in [-0.15, -0.1) is 0 Å². The lowest BCUT2D eigenvalue weighted by molar-refractivity contribution is -0.356. The molecule has 0 aliphatic heterocycles. The van der Waals surface area contributed by atoms with Crippen molar-refractivity contribution < 1.29 is 50.2 Å². The van der Waals surface area contributed by atoms with Gasteiger partial charge in [-0.3, -0.25) is 15.4 Å². The van der Waals surface area contributed by atoms with Gasteiger partial charge in [0.15, 0.2) is 11.2 Å². The number of para-hydroxylation sites is 1. The molecule has 0 bridgehead atoms. The van der Waals surface area contributed by atoms with Gasteiger partial charge in [-0.25, -0.2) is 9.59 Å². The number of rotatable bonds is 4. The summed E-state index contributed by atoms with van der Waals surface area (Å²) in [6.45, 7) is 8.45. The third kappa shape index (κ3) is 7.15. The van der Waals surface area contributed by atoms with Crippen molar-refractivity contribution in [2.75, 3.05) is 5.73 Å². The van der Waals surface area contributed by atoms with Crippen molar-refractivity contribution >= 4 is 23.7 Å². The molecule has 39 heavy (non-hydrogen) atoms. The van der Waals surface area contributed by atoms with Crippen LogP contribution in [-0.4, -0.2) is 47.2 Å². The van der Waals surface area contributed by atoms with Crippen LogP contribution in [0.2, 0.25) is 0 Å². The average molecular weight is 568 g/mol. The average Bonchev–Trinajstić information content (AvgIpc) is 2.68. The highest BCUT2D eigenvalue weighted by Gasteiger charge is 2.77. The maximum Gasteiger partial charge on any atom is 0.409 e. The second-order valence-electron chi connectivity index (χ2n) is 11.2. The van der Waals surface area contributed by atoms with Gasteiger partial charge in [0.1, 0.15) is 16.9 Å². The maximum atomic E-state index is 14.7. The van der Waals surface area contributed by atoms with Gasteiger partial charge in [-0.05, 0) is 59.8 Å². The zero-order chi connectivity index (χ0) is 30.2. The molecule has 1 atom stereocenters. The molecule has 4 N–H and O–H groups in total. The van der Waals surface area contributed by atoms with Crippen molar-refractivity contribution in [3.05, 3.63) is 42.0 Å². The van der Waals surface area contributed by atoms with Crippen molar-refractivity contribution in [1.82, 2.24) is 10.6 Å². The number of hydrogen-bond acceptors (Lipinski definition) is 6. The fraction of sp³-hybridized carbons (Fsp3) is 0.560. The second kappa shape index (κ2) is 10.3. The number of benzene rings is 1. The molecule has 1 unspecified atom stereocenters. The first kappa shape index (κ1) is 31.8. The number of nitrogens with one attached hydrogen (secondary N) is 2. The van der Waals surface area contributed by atoms with Crippen LogP contribution in [-0.2, 0) is 9.47 Å². The van der Waals surface area contributed by atoms with Crippen LogP contribution < -0.4 is 16.4 Å². The van der Waals surface area contributed by atoms with Crippen LogP contribution in [0.1, 0.15) is 58.3 Å². The largest absolute Gasteiger partial charge is 0.444 e. The molecule has 2 amide bonds. The van der Waals surface area contributed by atoms with Gasteiger partial charge < -0.3 is 15.2 Å². The lowest BCUT2D eigenvalue weighted by Gasteiger charge is -2.49. The number of nitrogen functional groups attached to an aromatic ring is 1. The van der Waals surface area contributed by atoms with Crippen LogP contribution in [0.15, 0.2) is 36.4 Å². The number of alkyl halides is 6. The zero-order valence-electron chi connectivity index (χ0n) is 22.1. The maximum absolute atomic E-state index is 14.7. The number of Topliss-reactive ketones (excluding diaryl/α,β-unsaturated/α-hetero) is 1. The summed E-state index contributed by atoms with van der Waals surface area (Å²) in [5, 5.41) is 3.84. The molecule has 8 nitrogen and oxygen atoms in total. The Kier molecular flexibility index (Phi) is 8.36. The summed E-state index contributed by atoms with van der Waals surface area (Å²) in [4.78, 5) is 38.4. The highest BCUT2D eigenvalue weighted by atomic mass is 19.4. The fourth-order valence-electron chi connectivity index (χ4n) is 4.12. The standard InChI is InChI=1S/C25H31F6N3O5/c1-20(2,3)38-18(36)33-22(34-19(37)39-21(4,5)6)12-11-15(17(35)14-9-7-8-10-16(14)32)23(13-22,24(26,27)28)25(29,30)31/h7-12,15H,13,32H2,1-6H3,(H,33,36)(H,34,37). The molecule has 0 spiro atoms. The minimum Gasteiger partial charge on any atom is -0.444 e. The molecule has 0 fully saturated rings.